The van der Waals surface area contributed by atoms with Crippen LogP contribution in [-0.2, 0) is 65.4 Å². The van der Waals surface area contributed by atoms with E-state index in [4.69, 9.17) is 37.0 Å². The lowest BCUT2D eigenvalue weighted by molar-refractivity contribution is -0.161. The first-order valence-corrected chi connectivity index (χ1v) is 40.3. The SMILES string of the molecule is CCCCCCCCCCC(=O)OC[C@H](COP(=O)(O)OC[C@H](O)COP(=O)(O)OC[C@@H](COC(=O)CCCCCCCCCCCCCC(C)C)OC(=O)CCCCCCCCCCCCCCCCC(C)C)OC(=O)CCCCCCCCCCCC(C)C. The summed E-state index contributed by atoms with van der Waals surface area (Å²) in [4.78, 5) is 72.6. The molecule has 0 aromatic rings. The number of aliphatic hydroxyl groups excluding tert-OH is 1. The van der Waals surface area contributed by atoms with Gasteiger partial charge >= 0.3 is 39.5 Å². The molecular formula is C72H140O17P2. The largest absolute Gasteiger partial charge is 0.472 e. The molecule has 19 heteroatoms. The molecule has 5 atom stereocenters. The van der Waals surface area contributed by atoms with Gasteiger partial charge in [-0.25, -0.2) is 9.13 Å². The van der Waals surface area contributed by atoms with Crippen LogP contribution in [-0.4, -0.2) is 96.7 Å². The number of aliphatic hydroxyl groups is 1. The normalized spacial score (nSPS) is 14.2. The third-order valence-corrected chi connectivity index (χ3v) is 18.5. The fourth-order valence-electron chi connectivity index (χ4n) is 10.9. The van der Waals surface area contributed by atoms with Crippen LogP contribution in [0.3, 0.4) is 0 Å². The van der Waals surface area contributed by atoms with Gasteiger partial charge in [-0.1, -0.05) is 312 Å². The zero-order valence-corrected chi connectivity index (χ0v) is 61.1. The average molecular weight is 1340 g/mol. The van der Waals surface area contributed by atoms with Crippen LogP contribution in [0.1, 0.15) is 363 Å². The summed E-state index contributed by atoms with van der Waals surface area (Å²) >= 11 is 0. The van der Waals surface area contributed by atoms with E-state index >= 15 is 0 Å². The number of carbonyl (C=O) groups excluding carboxylic acids is 4. The first kappa shape index (κ1) is 89.1. The molecule has 91 heavy (non-hydrogen) atoms. The van der Waals surface area contributed by atoms with Gasteiger partial charge in [-0.2, -0.15) is 0 Å². The molecular weight excluding hydrogens is 1200 g/mol. The van der Waals surface area contributed by atoms with Crippen molar-refractivity contribution in [1.82, 2.24) is 0 Å². The highest BCUT2D eigenvalue weighted by Crippen LogP contribution is 2.45. The minimum atomic E-state index is -4.95. The molecule has 0 fully saturated rings. The molecule has 17 nitrogen and oxygen atoms in total. The van der Waals surface area contributed by atoms with Gasteiger partial charge < -0.3 is 33.8 Å². The maximum Gasteiger partial charge on any atom is 0.472 e. The number of rotatable bonds is 70. The summed E-state index contributed by atoms with van der Waals surface area (Å²) in [5.41, 5.74) is 0. The van der Waals surface area contributed by atoms with Crippen molar-refractivity contribution in [2.45, 2.75) is 381 Å². The minimum Gasteiger partial charge on any atom is -0.462 e. The molecule has 0 aromatic heterocycles. The number of hydrogen-bond donors (Lipinski definition) is 3. The van der Waals surface area contributed by atoms with E-state index in [1.54, 1.807) is 0 Å². The van der Waals surface area contributed by atoms with Gasteiger partial charge in [0.2, 0.25) is 0 Å². The van der Waals surface area contributed by atoms with Crippen LogP contribution in [0.5, 0.6) is 0 Å². The highest BCUT2D eigenvalue weighted by Gasteiger charge is 2.30. The Bertz CT molecular complexity index is 1780. The molecule has 0 heterocycles. The predicted octanol–water partition coefficient (Wildman–Crippen LogP) is 20.6. The molecule has 0 rings (SSSR count). The van der Waals surface area contributed by atoms with Crippen LogP contribution < -0.4 is 0 Å². The molecule has 0 saturated carbocycles. The van der Waals surface area contributed by atoms with Crippen molar-refractivity contribution in [3.8, 4) is 0 Å². The van der Waals surface area contributed by atoms with Crippen molar-refractivity contribution in [2.24, 2.45) is 17.8 Å². The van der Waals surface area contributed by atoms with Gasteiger partial charge in [-0.3, -0.25) is 37.3 Å². The van der Waals surface area contributed by atoms with Gasteiger partial charge in [-0.15, -0.1) is 0 Å². The summed E-state index contributed by atoms with van der Waals surface area (Å²) in [5, 5.41) is 10.6. The minimum absolute atomic E-state index is 0.105. The molecule has 0 aromatic carbocycles. The third-order valence-electron chi connectivity index (χ3n) is 16.6. The Labute approximate surface area is 556 Å². The lowest BCUT2D eigenvalue weighted by Gasteiger charge is -2.21. The second kappa shape index (κ2) is 62.8. The summed E-state index contributed by atoms with van der Waals surface area (Å²) in [7, 11) is -9.90. The molecule has 0 aliphatic carbocycles. The van der Waals surface area contributed by atoms with E-state index in [0.29, 0.717) is 25.7 Å². The van der Waals surface area contributed by atoms with E-state index in [2.05, 4.69) is 48.5 Å². The van der Waals surface area contributed by atoms with Gasteiger partial charge in [0.25, 0.3) is 0 Å². The van der Waals surface area contributed by atoms with Crippen molar-refractivity contribution in [3.63, 3.8) is 0 Å². The van der Waals surface area contributed by atoms with Crippen molar-refractivity contribution in [2.75, 3.05) is 39.6 Å². The summed E-state index contributed by atoms with van der Waals surface area (Å²) in [6, 6.07) is 0. The molecule has 0 aliphatic rings. The fraction of sp³-hybridized carbons (Fsp3) is 0.944. The van der Waals surface area contributed by atoms with Crippen LogP contribution in [0.4, 0.5) is 0 Å². The van der Waals surface area contributed by atoms with Crippen LogP contribution in [0, 0.1) is 17.8 Å². The number of ether oxygens (including phenoxy) is 4. The zero-order chi connectivity index (χ0) is 67.3. The smallest absolute Gasteiger partial charge is 0.462 e. The summed E-state index contributed by atoms with van der Waals surface area (Å²) in [6.07, 6.45) is 47.2. The number of unbranched alkanes of at least 4 members (excludes halogenated alkanes) is 38. The van der Waals surface area contributed by atoms with Gasteiger partial charge in [0.15, 0.2) is 12.2 Å². The fourth-order valence-corrected chi connectivity index (χ4v) is 12.5. The molecule has 0 radical (unpaired) electrons. The van der Waals surface area contributed by atoms with Gasteiger partial charge in [0.1, 0.15) is 19.3 Å². The van der Waals surface area contributed by atoms with Crippen molar-refractivity contribution in [3.05, 3.63) is 0 Å². The average Bonchev–Trinajstić information content (AvgIpc) is 3.70. The molecule has 0 spiro atoms. The van der Waals surface area contributed by atoms with E-state index in [0.717, 1.165) is 114 Å². The summed E-state index contributed by atoms with van der Waals surface area (Å²) in [5.74, 6) is 0.177. The van der Waals surface area contributed by atoms with Gasteiger partial charge in [0.05, 0.1) is 26.4 Å². The van der Waals surface area contributed by atoms with Crippen molar-refractivity contribution < 1.29 is 80.2 Å². The van der Waals surface area contributed by atoms with E-state index in [1.807, 2.05) is 0 Å². The lowest BCUT2D eigenvalue weighted by atomic mass is 10.0. The Morgan fingerprint density at radius 3 is 0.747 bits per heavy atom. The molecule has 0 saturated heterocycles. The van der Waals surface area contributed by atoms with Crippen LogP contribution in [0.2, 0.25) is 0 Å². The van der Waals surface area contributed by atoms with Gasteiger partial charge in [-0.05, 0) is 43.4 Å². The van der Waals surface area contributed by atoms with Gasteiger partial charge in [0, 0.05) is 25.7 Å². The summed E-state index contributed by atoms with van der Waals surface area (Å²) < 4.78 is 68.3. The highest BCUT2D eigenvalue weighted by molar-refractivity contribution is 7.47. The topological polar surface area (TPSA) is 237 Å². The first-order chi connectivity index (χ1) is 43.7. The van der Waals surface area contributed by atoms with Crippen LogP contribution >= 0.6 is 15.6 Å². The second-order valence-electron chi connectivity index (χ2n) is 27.4. The highest BCUT2D eigenvalue weighted by atomic mass is 31.2. The number of carbonyl (C=O) groups is 4. The Hall–Kier alpha value is -1.94. The molecule has 0 bridgehead atoms. The molecule has 2 unspecified atom stereocenters. The Kier molecular flexibility index (Phi) is 61.5. The molecule has 0 amide bonds. The van der Waals surface area contributed by atoms with E-state index < -0.39 is 97.5 Å². The van der Waals surface area contributed by atoms with Crippen molar-refractivity contribution >= 4 is 39.5 Å². The van der Waals surface area contributed by atoms with Crippen LogP contribution in [0.15, 0.2) is 0 Å². The third kappa shape index (κ3) is 66.5. The Morgan fingerprint density at radius 1 is 0.297 bits per heavy atom. The molecule has 3 N–H and O–H groups in total. The number of esters is 4. The van der Waals surface area contributed by atoms with E-state index in [1.165, 1.54) is 167 Å². The van der Waals surface area contributed by atoms with E-state index in [9.17, 15) is 43.2 Å². The number of phosphoric acid groups is 2. The number of phosphoric ester groups is 2. The standard InChI is InChI=1S/C72H140O17P2/c1-8-9-10-11-12-32-39-46-53-69(74)82-59-67(89-72(77)56-49-42-35-28-22-25-31-38-45-52-65(6)7)61-86-90(78,79)84-57-66(73)58-85-91(80,81)87-62-68(60-83-70(75)54-47-40-33-26-21-17-19-24-30-37-44-51-64(4)5)88-71(76)55-48-41-34-27-20-16-14-13-15-18-23-29-36-43-50-63(2)3/h63-68,73H,8-62H2,1-7H3,(H,78,79)(H,80,81)/t66-,67+,68+/m0/s1. The maximum absolute atomic E-state index is 13.0. The predicted molar refractivity (Wildman–Crippen MR) is 368 cm³/mol. The van der Waals surface area contributed by atoms with Crippen molar-refractivity contribution in [1.29, 1.82) is 0 Å². The van der Waals surface area contributed by atoms with E-state index in [-0.39, 0.29) is 25.7 Å². The summed E-state index contributed by atoms with van der Waals surface area (Å²) in [6.45, 7) is 11.8. The Morgan fingerprint density at radius 2 is 0.505 bits per heavy atom. The second-order valence-corrected chi connectivity index (χ2v) is 30.3. The maximum atomic E-state index is 13.0. The van der Waals surface area contributed by atoms with Crippen LogP contribution in [0.25, 0.3) is 0 Å². The monoisotopic (exact) mass is 1340 g/mol. The lowest BCUT2D eigenvalue weighted by Crippen LogP contribution is -2.30. The molecule has 540 valence electrons. The Balaban J connectivity index is 5.23. The number of hydrogen-bond acceptors (Lipinski definition) is 15. The molecule has 0 aliphatic heterocycles. The first-order valence-electron chi connectivity index (χ1n) is 37.3. The zero-order valence-electron chi connectivity index (χ0n) is 59.3. The quantitative estimate of drug-likeness (QED) is 0.0222.